The molecule has 0 aliphatic heterocycles. The molecule has 0 radical (unpaired) electrons. The lowest BCUT2D eigenvalue weighted by atomic mass is 10.0. The number of Topliss-reactive ketones (excluding diaryl/α,β-unsaturated/α-hetero) is 4. The monoisotopic (exact) mass is 1560 g/mol. The summed E-state index contributed by atoms with van der Waals surface area (Å²) in [4.78, 5) is 143. The molecule has 0 bridgehead atoms. The summed E-state index contributed by atoms with van der Waals surface area (Å²) in [6.45, 7) is 2.82. The number of benzene rings is 1. The van der Waals surface area contributed by atoms with E-state index in [0.29, 0.717) is 51.4 Å². The minimum atomic E-state index is -1.17. The van der Waals surface area contributed by atoms with Crippen LogP contribution in [0.2, 0.25) is 0 Å². The number of ketones is 4. The van der Waals surface area contributed by atoms with Crippen molar-refractivity contribution in [3.05, 3.63) is 35.4 Å². The lowest BCUT2D eigenvalue weighted by molar-refractivity contribution is -0.142. The number of aliphatic carboxylic acids is 4. The Hall–Kier alpha value is -6.66. The molecule has 28 nitrogen and oxygen atoms in total. The molecular formula is C82H138N4O24. The highest BCUT2D eigenvalue weighted by atomic mass is 16.5. The molecule has 1 aromatic carbocycles. The topological polar surface area (TPSA) is 408 Å². The summed E-state index contributed by atoms with van der Waals surface area (Å²) in [5.74, 6) is -5.42. The first-order chi connectivity index (χ1) is 53.3. The van der Waals surface area contributed by atoms with Crippen LogP contribution in [0.3, 0.4) is 0 Å². The molecule has 0 heterocycles. The second-order valence-corrected chi connectivity index (χ2v) is 28.2. The lowest BCUT2D eigenvalue weighted by Crippen LogP contribution is -2.41. The van der Waals surface area contributed by atoms with Crippen molar-refractivity contribution in [3.63, 3.8) is 0 Å². The number of hydrogen-bond donors (Lipinski definition) is 8. The standard InChI is InChI=1S/C82H138N4O24/c87-69(45-47-73(81(99)100)85-75(91)33-25-21-17-13-9-5-1-3-7-11-15-19-23-27-35-79(95)96)31-29-51-103-55-61-109-65-77(93)83-49-53-105-57-59-107-63-71(89)43-41-67-37-39-68(40-38-67)42-44-72(90)64-108-60-58-106-54-50-84-78(94)66-110-62-56-104-52-30-32-70(88)46-48-74(82(101)102)86-76(92)34-26-22-18-14-10-6-2-4-8-12-16-20-24-28-36-80(97)98/h37-40,73-74H,1-36,41-66H2,(H,83,93)(H,84,94)(H,85,91)(H,86,92)(H,95,96)(H,97,98)(H,99,100)(H,101,102)/t73-,74-/m0/s1. The zero-order valence-electron chi connectivity index (χ0n) is 66.3. The van der Waals surface area contributed by atoms with Gasteiger partial charge in [0.2, 0.25) is 23.6 Å². The van der Waals surface area contributed by atoms with E-state index in [1.165, 1.54) is 77.0 Å². The van der Waals surface area contributed by atoms with E-state index in [2.05, 4.69) is 21.3 Å². The maximum absolute atomic E-state index is 12.4. The van der Waals surface area contributed by atoms with Gasteiger partial charge in [-0.3, -0.25) is 47.9 Å². The van der Waals surface area contributed by atoms with Gasteiger partial charge in [0.1, 0.15) is 50.1 Å². The van der Waals surface area contributed by atoms with Crippen LogP contribution in [0.5, 0.6) is 0 Å². The van der Waals surface area contributed by atoms with Gasteiger partial charge in [0.05, 0.1) is 66.1 Å². The molecule has 8 N–H and O–H groups in total. The fourth-order valence-electron chi connectivity index (χ4n) is 11.8. The predicted octanol–water partition coefficient (Wildman–Crippen LogP) is 11.1. The van der Waals surface area contributed by atoms with Gasteiger partial charge >= 0.3 is 23.9 Å². The average Bonchev–Trinajstić information content (AvgIpc) is 0.918. The molecule has 630 valence electrons. The third kappa shape index (κ3) is 69.3. The molecule has 0 saturated heterocycles. The number of unbranched alkanes of at least 4 members (excludes halogenated alkanes) is 26. The van der Waals surface area contributed by atoms with Crippen molar-refractivity contribution in [2.45, 2.75) is 295 Å². The number of carbonyl (C=O) groups excluding carboxylic acids is 8. The van der Waals surface area contributed by atoms with Gasteiger partial charge in [0.25, 0.3) is 0 Å². The van der Waals surface area contributed by atoms with E-state index in [-0.39, 0.29) is 230 Å². The van der Waals surface area contributed by atoms with Crippen LogP contribution in [0.4, 0.5) is 0 Å². The first kappa shape index (κ1) is 101. The first-order valence-electron chi connectivity index (χ1n) is 41.1. The van der Waals surface area contributed by atoms with E-state index in [4.69, 9.17) is 48.1 Å². The number of carboxylic acids is 4. The maximum Gasteiger partial charge on any atom is 0.326 e. The molecule has 0 aliphatic carbocycles. The number of rotatable bonds is 84. The summed E-state index contributed by atoms with van der Waals surface area (Å²) >= 11 is 0. The summed E-state index contributed by atoms with van der Waals surface area (Å²) < 4.78 is 43.6. The number of ether oxygens (including phenoxy) is 8. The van der Waals surface area contributed by atoms with Crippen LogP contribution in [-0.4, -0.2) is 222 Å². The summed E-state index contributed by atoms with van der Waals surface area (Å²) in [7, 11) is 0. The molecule has 0 aliphatic rings. The Labute approximate surface area is 653 Å². The first-order valence-corrected chi connectivity index (χ1v) is 41.1. The lowest BCUT2D eigenvalue weighted by Gasteiger charge is -2.14. The van der Waals surface area contributed by atoms with Gasteiger partial charge in [0.15, 0.2) is 11.6 Å². The summed E-state index contributed by atoms with van der Waals surface area (Å²) in [6.07, 6.45) is 34.0. The number of nitrogens with one attached hydrogen (secondary N) is 4. The Morgan fingerprint density at radius 1 is 0.255 bits per heavy atom. The number of amides is 4. The minimum absolute atomic E-state index is 0.0180. The van der Waals surface area contributed by atoms with Crippen LogP contribution in [0, 0.1) is 0 Å². The molecule has 1 aromatic rings. The van der Waals surface area contributed by atoms with Crippen LogP contribution in [-0.2, 0) is 108 Å². The van der Waals surface area contributed by atoms with E-state index < -0.39 is 36.0 Å². The average molecular weight is 1560 g/mol. The molecule has 4 amide bonds. The molecule has 0 fully saturated rings. The third-order valence-electron chi connectivity index (χ3n) is 18.3. The Morgan fingerprint density at radius 2 is 0.518 bits per heavy atom. The number of hydrogen-bond acceptors (Lipinski definition) is 20. The second-order valence-electron chi connectivity index (χ2n) is 28.2. The van der Waals surface area contributed by atoms with E-state index in [0.717, 1.165) is 101 Å². The number of carbonyl (C=O) groups is 12. The van der Waals surface area contributed by atoms with Crippen molar-refractivity contribution in [1.29, 1.82) is 0 Å². The quantitative estimate of drug-likeness (QED) is 0.0281. The summed E-state index contributed by atoms with van der Waals surface area (Å²) in [5, 5.41) is 47.1. The molecule has 28 heteroatoms. The van der Waals surface area contributed by atoms with Gasteiger partial charge in [-0.25, -0.2) is 9.59 Å². The van der Waals surface area contributed by atoms with Gasteiger partial charge in [-0.15, -0.1) is 0 Å². The molecule has 1 rings (SSSR count). The van der Waals surface area contributed by atoms with Crippen molar-refractivity contribution in [3.8, 4) is 0 Å². The summed E-state index contributed by atoms with van der Waals surface area (Å²) in [6, 6.07) is 5.50. The highest BCUT2D eigenvalue weighted by molar-refractivity contribution is 5.86. The maximum atomic E-state index is 12.4. The molecular weight excluding hydrogens is 1420 g/mol. The van der Waals surface area contributed by atoms with Crippen LogP contribution in [0.15, 0.2) is 24.3 Å². The predicted molar refractivity (Wildman–Crippen MR) is 415 cm³/mol. The van der Waals surface area contributed by atoms with Crippen molar-refractivity contribution < 1.29 is 116 Å². The third-order valence-corrected chi connectivity index (χ3v) is 18.3. The zero-order valence-corrected chi connectivity index (χ0v) is 66.3. The highest BCUT2D eigenvalue weighted by Crippen LogP contribution is 2.18. The number of carboxylic acid groups (broad SMARTS) is 4. The van der Waals surface area contributed by atoms with Crippen molar-refractivity contribution in [2.75, 3.05) is 119 Å². The van der Waals surface area contributed by atoms with Crippen molar-refractivity contribution >= 4 is 70.6 Å². The van der Waals surface area contributed by atoms with E-state index in [9.17, 15) is 67.7 Å². The van der Waals surface area contributed by atoms with Crippen LogP contribution >= 0.6 is 0 Å². The zero-order chi connectivity index (χ0) is 80.4. The highest BCUT2D eigenvalue weighted by Gasteiger charge is 2.23. The summed E-state index contributed by atoms with van der Waals surface area (Å²) in [5.41, 5.74) is 1.97. The van der Waals surface area contributed by atoms with Crippen LogP contribution in [0.25, 0.3) is 0 Å². The normalized spacial score (nSPS) is 11.8. The Morgan fingerprint density at radius 3 is 0.809 bits per heavy atom. The molecule has 0 unspecified atom stereocenters. The fraction of sp³-hybridized carbons (Fsp3) is 0.780. The van der Waals surface area contributed by atoms with Gasteiger partial charge in [0, 0.05) is 90.5 Å². The smallest absolute Gasteiger partial charge is 0.326 e. The van der Waals surface area contributed by atoms with Crippen LogP contribution in [0.1, 0.15) is 281 Å². The van der Waals surface area contributed by atoms with Crippen LogP contribution < -0.4 is 21.3 Å². The second kappa shape index (κ2) is 73.8. The number of aryl methyl sites for hydroxylation is 2. The SMILES string of the molecule is O=C(O)CCCCCCCCCCCCCCCCC(=O)N[C@@H](CCC(=O)CCCOCCOCC(=O)NCCOCCOCC(=O)CCc1ccc(CCC(=O)COCCOCCNC(=O)COCCOCCCC(=O)CC[C@H](NC(=O)CCCCCCCCCCCCCCCCC(=O)O)C(=O)O)cc1)C(=O)O. The van der Waals surface area contributed by atoms with E-state index in [1.807, 2.05) is 24.3 Å². The van der Waals surface area contributed by atoms with E-state index >= 15 is 0 Å². The van der Waals surface area contributed by atoms with Crippen molar-refractivity contribution in [1.82, 2.24) is 21.3 Å². The van der Waals surface area contributed by atoms with Crippen molar-refractivity contribution in [2.24, 2.45) is 0 Å². The Kier molecular flexibility index (Phi) is 68.0. The molecule has 0 spiro atoms. The largest absolute Gasteiger partial charge is 0.481 e. The molecule has 110 heavy (non-hydrogen) atoms. The van der Waals surface area contributed by atoms with E-state index in [1.54, 1.807) is 0 Å². The molecule has 0 aromatic heterocycles. The Balaban J connectivity index is 1.94. The minimum Gasteiger partial charge on any atom is -0.481 e. The molecule has 0 saturated carbocycles. The molecule has 2 atom stereocenters. The van der Waals surface area contributed by atoms with Gasteiger partial charge in [-0.1, -0.05) is 178 Å². The van der Waals surface area contributed by atoms with Gasteiger partial charge in [-0.05, 0) is 75.3 Å². The van der Waals surface area contributed by atoms with Gasteiger partial charge in [-0.2, -0.15) is 0 Å². The Bertz CT molecular complexity index is 2440. The fourth-order valence-corrected chi connectivity index (χ4v) is 11.8. The van der Waals surface area contributed by atoms with Gasteiger partial charge < -0.3 is 79.6 Å².